The van der Waals surface area contributed by atoms with Crippen LogP contribution < -0.4 is 14.8 Å². The molecule has 0 fully saturated rings. The Balaban J connectivity index is 1.77. The topological polar surface area (TPSA) is 75.5 Å². The Morgan fingerprint density at radius 2 is 1.92 bits per heavy atom. The summed E-state index contributed by atoms with van der Waals surface area (Å²) in [5, 5.41) is 2.90. The molecule has 0 unspecified atom stereocenters. The van der Waals surface area contributed by atoms with Gasteiger partial charge in [-0.1, -0.05) is 18.2 Å². The van der Waals surface area contributed by atoms with Crippen LogP contribution in [-0.4, -0.2) is 49.9 Å². The first-order chi connectivity index (χ1) is 12.7. The number of nitrogens with one attached hydrogen (secondary N) is 1. The maximum Gasteiger partial charge on any atom is 0.257 e. The lowest BCUT2D eigenvalue weighted by Crippen LogP contribution is -2.47. The van der Waals surface area contributed by atoms with Gasteiger partial charge in [-0.15, -0.1) is 0 Å². The molecule has 1 amide bonds. The van der Waals surface area contributed by atoms with Gasteiger partial charge in [0.1, 0.15) is 11.5 Å². The van der Waals surface area contributed by atoms with E-state index in [1.165, 1.54) is 0 Å². The number of amides is 1. The summed E-state index contributed by atoms with van der Waals surface area (Å²) in [6.45, 7) is 1.31. The zero-order chi connectivity index (χ0) is 18.1. The molecular weight excluding hydrogens is 332 g/mol. The fraction of sp³-hybridized carbons (Fsp3) is 0.211. The predicted octanol–water partition coefficient (Wildman–Crippen LogP) is 2.20. The highest BCUT2D eigenvalue weighted by atomic mass is 16.5. The largest absolute Gasteiger partial charge is 0.493 e. The number of nitrogens with zero attached hydrogens (tertiary/aromatic N) is 3. The summed E-state index contributed by atoms with van der Waals surface area (Å²) in [6, 6.07) is 12.8. The van der Waals surface area contributed by atoms with Gasteiger partial charge in [0.25, 0.3) is 5.91 Å². The Hall–Kier alpha value is -3.35. The molecular formula is C19H18N4O3. The van der Waals surface area contributed by atoms with Gasteiger partial charge in [0.05, 0.1) is 20.8 Å². The molecule has 0 saturated heterocycles. The number of carbonyl (C=O) groups is 1. The Labute approximate surface area is 151 Å². The summed E-state index contributed by atoms with van der Waals surface area (Å²) in [6.07, 6.45) is 0. The number of carbonyl (C=O) groups excluding carboxylic acids is 1. The van der Waals surface area contributed by atoms with Gasteiger partial charge in [-0.25, -0.2) is 4.99 Å². The summed E-state index contributed by atoms with van der Waals surface area (Å²) in [5.41, 5.74) is 2.03. The molecule has 2 aliphatic heterocycles. The molecule has 0 bridgehead atoms. The molecule has 0 radical (unpaired) electrons. The Morgan fingerprint density at radius 1 is 1.12 bits per heavy atom. The average Bonchev–Trinajstić information content (AvgIpc) is 3.18. The summed E-state index contributed by atoms with van der Waals surface area (Å²) < 4.78 is 10.9. The third-order valence-corrected chi connectivity index (χ3v) is 4.34. The summed E-state index contributed by atoms with van der Waals surface area (Å²) in [7, 11) is 3.15. The van der Waals surface area contributed by atoms with Gasteiger partial charge in [-0.2, -0.15) is 0 Å². The van der Waals surface area contributed by atoms with Crippen LogP contribution in [0.3, 0.4) is 0 Å². The Bertz CT molecular complexity index is 922. The second-order valence-corrected chi connectivity index (χ2v) is 5.81. The number of hydrogen-bond donors (Lipinski definition) is 1. The van der Waals surface area contributed by atoms with E-state index in [9.17, 15) is 4.79 Å². The molecule has 0 atom stereocenters. The third-order valence-electron chi connectivity index (χ3n) is 4.34. The fourth-order valence-corrected chi connectivity index (χ4v) is 3.11. The number of methoxy groups -OCH3 is 2. The van der Waals surface area contributed by atoms with E-state index in [-0.39, 0.29) is 5.91 Å². The van der Waals surface area contributed by atoms with E-state index in [0.29, 0.717) is 41.8 Å². The number of guanidine groups is 1. The van der Waals surface area contributed by atoms with Crippen molar-refractivity contribution in [2.45, 2.75) is 0 Å². The minimum absolute atomic E-state index is 0.221. The molecule has 0 aromatic heterocycles. The number of aliphatic imine (C=N–C) groups is 2. The van der Waals surface area contributed by atoms with Crippen LogP contribution in [0.4, 0.5) is 5.69 Å². The molecule has 0 aliphatic carbocycles. The lowest BCUT2D eigenvalue weighted by molar-refractivity contribution is 0.0974. The molecule has 7 heteroatoms. The van der Waals surface area contributed by atoms with Crippen molar-refractivity contribution < 1.29 is 14.3 Å². The summed E-state index contributed by atoms with van der Waals surface area (Å²) in [5.74, 6) is 2.09. The maximum absolute atomic E-state index is 12.6. The van der Waals surface area contributed by atoms with E-state index in [1.54, 1.807) is 26.4 Å². The van der Waals surface area contributed by atoms with Crippen LogP contribution in [0.5, 0.6) is 11.5 Å². The molecule has 1 N–H and O–H groups in total. The van der Waals surface area contributed by atoms with E-state index in [1.807, 2.05) is 35.2 Å². The number of fused-ring (bicyclic) bond motifs is 3. The molecule has 4 rings (SSSR count). The summed E-state index contributed by atoms with van der Waals surface area (Å²) >= 11 is 0. The van der Waals surface area contributed by atoms with Gasteiger partial charge in [-0.05, 0) is 24.3 Å². The van der Waals surface area contributed by atoms with Crippen LogP contribution in [-0.2, 0) is 0 Å². The van der Waals surface area contributed by atoms with Crippen LogP contribution in [0, 0.1) is 0 Å². The highest BCUT2D eigenvalue weighted by Gasteiger charge is 2.33. The molecule has 0 saturated carbocycles. The minimum atomic E-state index is -0.221. The van der Waals surface area contributed by atoms with Crippen LogP contribution in [0.1, 0.15) is 15.9 Å². The molecule has 7 nitrogen and oxygen atoms in total. The number of ether oxygens (including phenoxy) is 2. The van der Waals surface area contributed by atoms with Gasteiger partial charge in [0, 0.05) is 17.7 Å². The number of amidine groups is 1. The van der Waals surface area contributed by atoms with Gasteiger partial charge < -0.3 is 9.47 Å². The maximum atomic E-state index is 12.6. The van der Waals surface area contributed by atoms with Crippen molar-refractivity contribution in [3.8, 4) is 11.5 Å². The molecule has 26 heavy (non-hydrogen) atoms. The fourth-order valence-electron chi connectivity index (χ4n) is 3.11. The van der Waals surface area contributed by atoms with Crippen molar-refractivity contribution in [1.82, 2.24) is 10.2 Å². The number of hydrogen-bond acceptors (Lipinski definition) is 6. The Morgan fingerprint density at radius 3 is 2.65 bits per heavy atom. The lowest BCUT2D eigenvalue weighted by atomic mass is 10.1. The van der Waals surface area contributed by atoms with Crippen molar-refractivity contribution in [3.05, 3.63) is 53.6 Å². The van der Waals surface area contributed by atoms with Crippen LogP contribution in [0.15, 0.2) is 52.4 Å². The van der Waals surface area contributed by atoms with Crippen LogP contribution in [0.25, 0.3) is 0 Å². The standard InChI is InChI=1S/C19H18N4O3/c1-25-14-9-8-13-15(16(14)26-2)21-19(23-11-10-20-17(13)23)22-18(24)12-6-4-3-5-7-12/h3-9H,10-11H2,1-2H3,(H,21,22,24). The first-order valence-corrected chi connectivity index (χ1v) is 8.25. The van der Waals surface area contributed by atoms with Crippen LogP contribution >= 0.6 is 0 Å². The molecule has 2 heterocycles. The molecule has 2 aromatic carbocycles. The second kappa shape index (κ2) is 6.51. The first kappa shape index (κ1) is 16.1. The SMILES string of the molecule is COc1ccc2c(c1OC)N=C(NC(=O)c1ccccc1)N1CCN=C21. The predicted molar refractivity (Wildman–Crippen MR) is 98.7 cm³/mol. The molecule has 132 valence electrons. The highest BCUT2D eigenvalue weighted by molar-refractivity contribution is 6.20. The zero-order valence-corrected chi connectivity index (χ0v) is 14.5. The second-order valence-electron chi connectivity index (χ2n) is 5.81. The smallest absolute Gasteiger partial charge is 0.257 e. The van der Waals surface area contributed by atoms with Crippen molar-refractivity contribution >= 4 is 23.4 Å². The van der Waals surface area contributed by atoms with Crippen molar-refractivity contribution in [2.24, 2.45) is 9.98 Å². The van der Waals surface area contributed by atoms with E-state index >= 15 is 0 Å². The third kappa shape index (κ3) is 2.57. The van der Waals surface area contributed by atoms with Crippen molar-refractivity contribution in [2.75, 3.05) is 27.3 Å². The van der Waals surface area contributed by atoms with E-state index in [0.717, 1.165) is 11.4 Å². The Kier molecular flexibility index (Phi) is 4.04. The number of benzene rings is 2. The van der Waals surface area contributed by atoms with Crippen molar-refractivity contribution in [1.29, 1.82) is 0 Å². The molecule has 2 aliphatic rings. The van der Waals surface area contributed by atoms with Crippen LogP contribution in [0.2, 0.25) is 0 Å². The molecule has 0 spiro atoms. The van der Waals surface area contributed by atoms with Gasteiger partial charge in [0.2, 0.25) is 5.96 Å². The van der Waals surface area contributed by atoms with E-state index in [2.05, 4.69) is 15.3 Å². The van der Waals surface area contributed by atoms with Crippen molar-refractivity contribution in [3.63, 3.8) is 0 Å². The monoisotopic (exact) mass is 350 g/mol. The molecule has 2 aromatic rings. The summed E-state index contributed by atoms with van der Waals surface area (Å²) in [4.78, 5) is 23.7. The zero-order valence-electron chi connectivity index (χ0n) is 14.5. The first-order valence-electron chi connectivity index (χ1n) is 8.25. The van der Waals surface area contributed by atoms with Gasteiger partial charge in [0.15, 0.2) is 11.5 Å². The van der Waals surface area contributed by atoms with Gasteiger partial charge in [-0.3, -0.25) is 20.0 Å². The normalized spacial score (nSPS) is 14.8. The van der Waals surface area contributed by atoms with E-state index < -0.39 is 0 Å². The quantitative estimate of drug-likeness (QED) is 0.921. The number of rotatable bonds is 3. The van der Waals surface area contributed by atoms with E-state index in [4.69, 9.17) is 9.47 Å². The van der Waals surface area contributed by atoms with Gasteiger partial charge >= 0.3 is 0 Å². The lowest BCUT2D eigenvalue weighted by Gasteiger charge is -2.28. The minimum Gasteiger partial charge on any atom is -0.493 e. The highest BCUT2D eigenvalue weighted by Crippen LogP contribution is 2.42. The average molecular weight is 350 g/mol.